The molecule has 0 radical (unpaired) electrons. The summed E-state index contributed by atoms with van der Waals surface area (Å²) in [7, 11) is 1.53. The van der Waals surface area contributed by atoms with Gasteiger partial charge >= 0.3 is 6.09 Å². The van der Waals surface area contributed by atoms with Crippen molar-refractivity contribution in [3.8, 4) is 5.75 Å². The monoisotopic (exact) mass is 374 g/mol. The summed E-state index contributed by atoms with van der Waals surface area (Å²) in [6.07, 6.45) is -0.573. The van der Waals surface area contributed by atoms with Crippen LogP contribution in [-0.2, 0) is 11.3 Å². The molecule has 0 bridgehead atoms. The largest absolute Gasteiger partial charge is 0.496 e. The summed E-state index contributed by atoms with van der Waals surface area (Å²) >= 11 is 0. The lowest BCUT2D eigenvalue weighted by atomic mass is 10.2. The molecule has 0 aliphatic rings. The van der Waals surface area contributed by atoms with Crippen LogP contribution in [0.5, 0.6) is 5.75 Å². The van der Waals surface area contributed by atoms with E-state index in [1.807, 2.05) is 17.0 Å². The zero-order valence-electron chi connectivity index (χ0n) is 15.4. The minimum atomic E-state index is -0.573. The fourth-order valence-corrected chi connectivity index (χ4v) is 2.58. The van der Waals surface area contributed by atoms with Gasteiger partial charge in [-0.1, -0.05) is 0 Å². The van der Waals surface area contributed by atoms with Crippen LogP contribution in [0.4, 0.5) is 21.9 Å². The topological polar surface area (TPSA) is 123 Å². The Balaban J connectivity index is 1.92. The van der Waals surface area contributed by atoms with Crippen molar-refractivity contribution >= 4 is 23.2 Å². The Morgan fingerprint density at radius 2 is 1.93 bits per heavy atom. The maximum absolute atomic E-state index is 12.0. The van der Waals surface area contributed by atoms with Crippen molar-refractivity contribution in [3.63, 3.8) is 0 Å². The lowest BCUT2D eigenvalue weighted by Gasteiger charge is -2.23. The summed E-state index contributed by atoms with van der Waals surface area (Å²) in [5.74, 6) is 0.566. The Bertz CT molecular complexity index is 731. The van der Waals surface area contributed by atoms with Crippen LogP contribution in [0.2, 0.25) is 0 Å². The number of methoxy groups -OCH3 is 1. The first-order chi connectivity index (χ1) is 13.1. The summed E-state index contributed by atoms with van der Waals surface area (Å²) in [6, 6.07) is 12.4. The number of amides is 1. The molecular formula is C19H26N4O4. The first-order valence-corrected chi connectivity index (χ1v) is 8.59. The summed E-state index contributed by atoms with van der Waals surface area (Å²) in [4.78, 5) is 14.0. The number of nitrogens with zero attached hydrogens (tertiary/aromatic N) is 1. The Labute approximate surface area is 158 Å². The second-order valence-corrected chi connectivity index (χ2v) is 5.82. The van der Waals surface area contributed by atoms with Gasteiger partial charge in [-0.3, -0.25) is 5.32 Å². The molecule has 0 atom stereocenters. The third kappa shape index (κ3) is 6.05. The fourth-order valence-electron chi connectivity index (χ4n) is 2.58. The maximum atomic E-state index is 12.0. The molecule has 0 saturated heterocycles. The number of hydrogen-bond donors (Lipinski definition) is 4. The van der Waals surface area contributed by atoms with E-state index in [0.717, 1.165) is 11.3 Å². The molecule has 0 saturated carbocycles. The molecule has 2 rings (SSSR count). The SMILES string of the molecule is COc1cc(N)ccc1COC(=O)Nc1ccc(N(CCN)CCO)cc1. The normalized spacial score (nSPS) is 10.3. The van der Waals surface area contributed by atoms with Gasteiger partial charge in [0.05, 0.1) is 13.7 Å². The minimum Gasteiger partial charge on any atom is -0.496 e. The molecule has 1 amide bonds. The van der Waals surface area contributed by atoms with E-state index in [0.29, 0.717) is 36.8 Å². The molecule has 0 spiro atoms. The summed E-state index contributed by atoms with van der Waals surface area (Å²) in [6.45, 7) is 1.73. The number of ether oxygens (including phenoxy) is 2. The molecule has 0 heterocycles. The average Bonchev–Trinajstić information content (AvgIpc) is 2.67. The second-order valence-electron chi connectivity index (χ2n) is 5.82. The molecule has 146 valence electrons. The highest BCUT2D eigenvalue weighted by Crippen LogP contribution is 2.22. The molecule has 0 aliphatic carbocycles. The molecule has 27 heavy (non-hydrogen) atoms. The Kier molecular flexibility index (Phi) is 7.72. The smallest absolute Gasteiger partial charge is 0.411 e. The van der Waals surface area contributed by atoms with Crippen LogP contribution in [-0.4, -0.2) is 44.6 Å². The van der Waals surface area contributed by atoms with E-state index in [2.05, 4.69) is 5.32 Å². The molecule has 0 fully saturated rings. The van der Waals surface area contributed by atoms with Crippen LogP contribution < -0.4 is 26.4 Å². The van der Waals surface area contributed by atoms with Crippen molar-refractivity contribution in [2.45, 2.75) is 6.61 Å². The van der Waals surface area contributed by atoms with Crippen molar-refractivity contribution in [2.75, 3.05) is 49.3 Å². The van der Waals surface area contributed by atoms with Crippen LogP contribution in [0, 0.1) is 0 Å². The van der Waals surface area contributed by atoms with Gasteiger partial charge in [0, 0.05) is 48.3 Å². The lowest BCUT2D eigenvalue weighted by molar-refractivity contribution is 0.154. The van der Waals surface area contributed by atoms with E-state index in [1.54, 1.807) is 30.3 Å². The van der Waals surface area contributed by atoms with Gasteiger partial charge < -0.3 is 30.9 Å². The molecule has 0 aliphatic heterocycles. The van der Waals surface area contributed by atoms with Crippen LogP contribution in [0.25, 0.3) is 0 Å². The summed E-state index contributed by atoms with van der Waals surface area (Å²) < 4.78 is 10.5. The number of aliphatic hydroxyl groups is 1. The van der Waals surface area contributed by atoms with E-state index in [-0.39, 0.29) is 13.2 Å². The summed E-state index contributed by atoms with van der Waals surface area (Å²) in [5.41, 5.74) is 14.1. The molecule has 0 unspecified atom stereocenters. The standard InChI is InChI=1S/C19H26N4O4/c1-26-18-12-15(21)3-2-14(18)13-27-19(25)22-16-4-6-17(7-5-16)23(9-8-20)10-11-24/h2-7,12,24H,8-11,13,20-21H2,1H3,(H,22,25). The van der Waals surface area contributed by atoms with Crippen molar-refractivity contribution in [3.05, 3.63) is 48.0 Å². The molecule has 0 aromatic heterocycles. The zero-order chi connectivity index (χ0) is 19.6. The number of nitrogens with two attached hydrogens (primary N) is 2. The van der Waals surface area contributed by atoms with Gasteiger partial charge in [-0.05, 0) is 36.4 Å². The van der Waals surface area contributed by atoms with Gasteiger partial charge in [-0.2, -0.15) is 0 Å². The highest BCUT2D eigenvalue weighted by atomic mass is 16.5. The Morgan fingerprint density at radius 1 is 1.19 bits per heavy atom. The van der Waals surface area contributed by atoms with E-state index in [4.69, 9.17) is 26.0 Å². The highest BCUT2D eigenvalue weighted by Gasteiger charge is 2.09. The molecule has 8 nitrogen and oxygen atoms in total. The first-order valence-electron chi connectivity index (χ1n) is 8.59. The lowest BCUT2D eigenvalue weighted by Crippen LogP contribution is -2.31. The quantitative estimate of drug-likeness (QED) is 0.493. The number of anilines is 3. The Hall–Kier alpha value is -2.97. The van der Waals surface area contributed by atoms with E-state index >= 15 is 0 Å². The van der Waals surface area contributed by atoms with Gasteiger partial charge in [0.2, 0.25) is 0 Å². The predicted octanol–water partition coefficient (Wildman–Crippen LogP) is 1.78. The number of nitrogens with one attached hydrogen (secondary N) is 1. The highest BCUT2D eigenvalue weighted by molar-refractivity contribution is 5.84. The number of rotatable bonds is 9. The Morgan fingerprint density at radius 3 is 2.56 bits per heavy atom. The molecule has 2 aromatic rings. The maximum Gasteiger partial charge on any atom is 0.411 e. The predicted molar refractivity (Wildman–Crippen MR) is 106 cm³/mol. The zero-order valence-corrected chi connectivity index (χ0v) is 15.4. The number of nitrogen functional groups attached to an aromatic ring is 1. The number of aliphatic hydroxyl groups excluding tert-OH is 1. The third-order valence-electron chi connectivity index (χ3n) is 3.92. The van der Waals surface area contributed by atoms with Gasteiger partial charge in [0.25, 0.3) is 0 Å². The van der Waals surface area contributed by atoms with Crippen LogP contribution >= 0.6 is 0 Å². The van der Waals surface area contributed by atoms with Crippen LogP contribution in [0.3, 0.4) is 0 Å². The van der Waals surface area contributed by atoms with Gasteiger partial charge in [0.1, 0.15) is 12.4 Å². The third-order valence-corrected chi connectivity index (χ3v) is 3.92. The van der Waals surface area contributed by atoms with Crippen molar-refractivity contribution in [1.29, 1.82) is 0 Å². The van der Waals surface area contributed by atoms with Crippen molar-refractivity contribution in [1.82, 2.24) is 0 Å². The molecule has 8 heteroatoms. The van der Waals surface area contributed by atoms with Crippen molar-refractivity contribution in [2.24, 2.45) is 5.73 Å². The summed E-state index contributed by atoms with van der Waals surface area (Å²) in [5, 5.41) is 11.8. The van der Waals surface area contributed by atoms with Gasteiger partial charge in [-0.15, -0.1) is 0 Å². The molecule has 2 aromatic carbocycles. The second kappa shape index (κ2) is 10.2. The minimum absolute atomic E-state index is 0.0426. The van der Waals surface area contributed by atoms with E-state index in [1.165, 1.54) is 7.11 Å². The van der Waals surface area contributed by atoms with Crippen molar-refractivity contribution < 1.29 is 19.4 Å². The number of hydrogen-bond acceptors (Lipinski definition) is 7. The van der Waals surface area contributed by atoms with Crippen LogP contribution in [0.15, 0.2) is 42.5 Å². The number of carbonyl (C=O) groups excluding carboxylic acids is 1. The number of carbonyl (C=O) groups is 1. The molecular weight excluding hydrogens is 348 g/mol. The first kappa shape index (κ1) is 20.3. The average molecular weight is 374 g/mol. The molecule has 6 N–H and O–H groups in total. The number of benzene rings is 2. The van der Waals surface area contributed by atoms with E-state index in [9.17, 15) is 4.79 Å². The van der Waals surface area contributed by atoms with Crippen LogP contribution in [0.1, 0.15) is 5.56 Å². The van der Waals surface area contributed by atoms with Gasteiger partial charge in [0.15, 0.2) is 0 Å². The van der Waals surface area contributed by atoms with Gasteiger partial charge in [-0.25, -0.2) is 4.79 Å². The van der Waals surface area contributed by atoms with E-state index < -0.39 is 6.09 Å². The fraction of sp³-hybridized carbons (Fsp3) is 0.316.